The number of allylic oxidation sites excluding steroid dienone is 5. The third-order valence-electron chi connectivity index (χ3n) is 7.58. The molecule has 3 rings (SSSR count). The minimum atomic E-state index is -1.75. The number of aliphatic hydroxyl groups excluding tert-OH is 6. The van der Waals surface area contributed by atoms with E-state index in [4.69, 9.17) is 23.7 Å². The molecule has 3 aliphatic heterocycles. The van der Waals surface area contributed by atoms with E-state index < -0.39 is 86.7 Å². The molecule has 12 nitrogen and oxygen atoms in total. The monoisotopic (exact) mass is 600 g/mol. The summed E-state index contributed by atoms with van der Waals surface area (Å²) in [5, 5.41) is 62.5. The van der Waals surface area contributed by atoms with Gasteiger partial charge in [-0.2, -0.15) is 0 Å². The first-order chi connectivity index (χ1) is 20.2. The third kappa shape index (κ3) is 10.5. The maximum absolute atomic E-state index is 12.3. The molecule has 0 aliphatic carbocycles. The number of rotatable bonds is 1. The maximum Gasteiger partial charge on any atom is 0.305 e. The molecule has 0 amide bonds. The van der Waals surface area contributed by atoms with Gasteiger partial charge in [-0.1, -0.05) is 55.7 Å². The second-order valence-corrected chi connectivity index (χ2v) is 11.0. The van der Waals surface area contributed by atoms with Crippen molar-refractivity contribution in [3.05, 3.63) is 36.5 Å². The molecule has 0 aromatic heterocycles. The Morgan fingerprint density at radius 3 is 2.17 bits per heavy atom. The molecule has 0 spiro atoms. The summed E-state index contributed by atoms with van der Waals surface area (Å²) in [5.74, 6) is -0.480. The first-order valence-corrected chi connectivity index (χ1v) is 15.0. The molecule has 0 aromatic carbocycles. The highest BCUT2D eigenvalue weighted by Crippen LogP contribution is 2.30. The summed E-state index contributed by atoms with van der Waals surface area (Å²) in [6.07, 6.45) is 3.98. The molecule has 12 heteroatoms. The molecule has 3 aliphatic rings. The smallest absolute Gasteiger partial charge is 0.305 e. The number of carbonyl (C=O) groups is 1. The lowest BCUT2D eigenvalue weighted by molar-refractivity contribution is -0.369. The van der Waals surface area contributed by atoms with Crippen molar-refractivity contribution in [3.8, 4) is 0 Å². The lowest BCUT2D eigenvalue weighted by Crippen LogP contribution is -2.65. The van der Waals surface area contributed by atoms with Crippen LogP contribution in [0, 0.1) is 0 Å². The largest absolute Gasteiger partial charge is 0.463 e. The highest BCUT2D eigenvalue weighted by atomic mass is 16.8. The van der Waals surface area contributed by atoms with Gasteiger partial charge in [0.25, 0.3) is 0 Å². The standard InChI is InChI=1S/C30H48O12/c1-19-15-13-11-9-7-5-3-2-4-6-8-10-12-14-16-22(32)38-18-21-24(34)25(35)27(37)29(41-21)42-28-26(36)23(33)20(17-31)40-30(28)39-19/h2-3,7,9,13,15,19-21,23-31,33-37H,4-6,8,10-12,14,16-18H2,1H3/b3-2-,9-7-,15-13-/t19-,20+,21+,23+,24+,25-,26-,27+,28+,29-,30+/m0/s1. The van der Waals surface area contributed by atoms with Gasteiger partial charge < -0.3 is 54.3 Å². The molecule has 11 atom stereocenters. The Balaban J connectivity index is 1.75. The van der Waals surface area contributed by atoms with Gasteiger partial charge in [0.2, 0.25) is 0 Å². The van der Waals surface area contributed by atoms with Crippen LogP contribution in [0.25, 0.3) is 0 Å². The number of carbonyl (C=O) groups excluding carboxylic acids is 1. The van der Waals surface area contributed by atoms with E-state index in [0.29, 0.717) is 12.8 Å². The number of hydrogen-bond acceptors (Lipinski definition) is 12. The van der Waals surface area contributed by atoms with Crippen LogP contribution in [0.2, 0.25) is 0 Å². The van der Waals surface area contributed by atoms with E-state index in [2.05, 4.69) is 18.2 Å². The average molecular weight is 601 g/mol. The Morgan fingerprint density at radius 2 is 1.40 bits per heavy atom. The zero-order valence-corrected chi connectivity index (χ0v) is 24.2. The van der Waals surface area contributed by atoms with Crippen LogP contribution in [0.1, 0.15) is 64.7 Å². The quantitative estimate of drug-likeness (QED) is 0.184. The second kappa shape index (κ2) is 18.2. The molecule has 3 heterocycles. The van der Waals surface area contributed by atoms with Crippen LogP contribution in [0.4, 0.5) is 0 Å². The SMILES string of the molecule is C[C@H]1/C=C\C/C=C\C/C=C\CCCCCCCC(=O)OC[C@H]2O[C@@H](O[C@H]3[C@H](O1)O[C@H](CO)[C@@H](O)[C@@H]3O)[C@H](O)[C@@H](O)[C@@H]2O. The molecule has 0 aromatic rings. The van der Waals surface area contributed by atoms with Crippen molar-refractivity contribution in [1.82, 2.24) is 0 Å². The fourth-order valence-electron chi connectivity index (χ4n) is 5.03. The first kappa shape index (κ1) is 34.8. The van der Waals surface area contributed by atoms with Gasteiger partial charge in [-0.3, -0.25) is 4.79 Å². The van der Waals surface area contributed by atoms with E-state index in [-0.39, 0.29) is 6.42 Å². The van der Waals surface area contributed by atoms with E-state index in [9.17, 15) is 35.4 Å². The summed E-state index contributed by atoms with van der Waals surface area (Å²) < 4.78 is 28.3. The van der Waals surface area contributed by atoms with Crippen molar-refractivity contribution in [1.29, 1.82) is 0 Å². The van der Waals surface area contributed by atoms with E-state index >= 15 is 0 Å². The highest BCUT2D eigenvalue weighted by Gasteiger charge is 2.51. The Kier molecular flexibility index (Phi) is 15.1. The van der Waals surface area contributed by atoms with E-state index in [0.717, 1.165) is 38.5 Å². The topological polar surface area (TPSA) is 185 Å². The molecular weight excluding hydrogens is 552 g/mol. The van der Waals surface area contributed by atoms with Crippen molar-refractivity contribution in [2.75, 3.05) is 13.2 Å². The van der Waals surface area contributed by atoms with Crippen molar-refractivity contribution in [3.63, 3.8) is 0 Å². The lowest BCUT2D eigenvalue weighted by atomic mass is 9.97. The molecule has 42 heavy (non-hydrogen) atoms. The summed E-state index contributed by atoms with van der Waals surface area (Å²) in [6, 6.07) is 0. The number of ether oxygens (including phenoxy) is 5. The molecular formula is C30H48O12. The summed E-state index contributed by atoms with van der Waals surface area (Å²) in [5.41, 5.74) is 0. The van der Waals surface area contributed by atoms with Gasteiger partial charge in [0, 0.05) is 6.42 Å². The number of aliphatic hydroxyl groups is 6. The normalized spacial score (nSPS) is 42.9. The van der Waals surface area contributed by atoms with Crippen LogP contribution in [0.3, 0.4) is 0 Å². The zero-order valence-electron chi connectivity index (χ0n) is 24.2. The fraction of sp³-hybridized carbons (Fsp3) is 0.767. The number of fused-ring (bicyclic) bond motifs is 3. The van der Waals surface area contributed by atoms with Gasteiger partial charge in [0.05, 0.1) is 12.7 Å². The maximum atomic E-state index is 12.3. The predicted molar refractivity (Wildman–Crippen MR) is 150 cm³/mol. The predicted octanol–water partition coefficient (Wildman–Crippen LogP) is 0.760. The molecule has 0 radical (unpaired) electrons. The average Bonchev–Trinajstić information content (AvgIpc) is 2.97. The number of hydrogen-bond donors (Lipinski definition) is 6. The van der Waals surface area contributed by atoms with Crippen molar-refractivity contribution in [2.45, 2.75) is 132 Å². The summed E-state index contributed by atoms with van der Waals surface area (Å²) in [6.45, 7) is 0.736. The van der Waals surface area contributed by atoms with Crippen LogP contribution in [0.15, 0.2) is 36.5 Å². The van der Waals surface area contributed by atoms with Gasteiger partial charge in [0.1, 0.15) is 55.4 Å². The Bertz CT molecular complexity index is 878. The molecule has 2 saturated heterocycles. The number of cyclic esters (lactones) is 1. The van der Waals surface area contributed by atoms with Crippen molar-refractivity contribution >= 4 is 5.97 Å². The van der Waals surface area contributed by atoms with E-state index in [1.165, 1.54) is 0 Å². The van der Waals surface area contributed by atoms with Crippen molar-refractivity contribution in [2.24, 2.45) is 0 Å². The van der Waals surface area contributed by atoms with Crippen LogP contribution < -0.4 is 0 Å². The molecule has 0 unspecified atom stereocenters. The molecule has 240 valence electrons. The van der Waals surface area contributed by atoms with Crippen LogP contribution in [-0.4, -0.2) is 117 Å². The molecule has 2 bridgehead atoms. The summed E-state index contributed by atoms with van der Waals surface area (Å²) >= 11 is 0. The summed E-state index contributed by atoms with van der Waals surface area (Å²) in [7, 11) is 0. The van der Waals surface area contributed by atoms with Gasteiger partial charge in [-0.25, -0.2) is 0 Å². The van der Waals surface area contributed by atoms with E-state index in [1.54, 1.807) is 13.0 Å². The first-order valence-electron chi connectivity index (χ1n) is 15.0. The van der Waals surface area contributed by atoms with Crippen LogP contribution >= 0.6 is 0 Å². The highest BCUT2D eigenvalue weighted by molar-refractivity contribution is 5.69. The van der Waals surface area contributed by atoms with Gasteiger partial charge in [-0.05, 0) is 39.0 Å². The third-order valence-corrected chi connectivity index (χ3v) is 7.58. The minimum Gasteiger partial charge on any atom is -0.463 e. The Hall–Kier alpha value is -1.71. The molecule has 2 fully saturated rings. The summed E-state index contributed by atoms with van der Waals surface area (Å²) in [4.78, 5) is 12.3. The van der Waals surface area contributed by atoms with Crippen LogP contribution in [0.5, 0.6) is 0 Å². The molecule has 6 N–H and O–H groups in total. The Labute approximate surface area is 247 Å². The minimum absolute atomic E-state index is 0.196. The van der Waals surface area contributed by atoms with Crippen molar-refractivity contribution < 1.29 is 59.1 Å². The number of esters is 1. The van der Waals surface area contributed by atoms with Gasteiger partial charge >= 0.3 is 5.97 Å². The lowest BCUT2D eigenvalue weighted by Gasteiger charge is -2.46. The zero-order chi connectivity index (χ0) is 30.5. The van der Waals surface area contributed by atoms with Crippen LogP contribution in [-0.2, 0) is 28.5 Å². The van der Waals surface area contributed by atoms with Gasteiger partial charge in [0.15, 0.2) is 12.6 Å². The van der Waals surface area contributed by atoms with Gasteiger partial charge in [-0.15, -0.1) is 0 Å². The van der Waals surface area contributed by atoms with E-state index in [1.807, 2.05) is 12.2 Å². The second-order valence-electron chi connectivity index (χ2n) is 11.0. The fourth-order valence-corrected chi connectivity index (χ4v) is 5.03. The Morgan fingerprint density at radius 1 is 0.714 bits per heavy atom. The molecule has 0 saturated carbocycles.